The molecule has 1 heterocycles. The highest BCUT2D eigenvalue weighted by Crippen LogP contribution is 2.25. The quantitative estimate of drug-likeness (QED) is 0.646. The molecular weight excluding hydrogens is 286 g/mol. The maximum absolute atomic E-state index is 12.0. The van der Waals surface area contributed by atoms with E-state index in [1.165, 1.54) is 0 Å². The number of urea groups is 1. The molecule has 2 fully saturated rings. The summed E-state index contributed by atoms with van der Waals surface area (Å²) >= 11 is 0. The number of nitrogens with zero attached hydrogens (tertiary/aromatic N) is 1. The molecule has 3 N–H and O–H groups in total. The molecule has 2 aliphatic rings. The summed E-state index contributed by atoms with van der Waals surface area (Å²) in [6, 6.07) is 0.346. The Labute approximate surface area is 131 Å². The molecule has 0 unspecified atom stereocenters. The number of likely N-dealkylation sites (N-methyl/N-ethyl adjacent to an activating group) is 1. The zero-order valence-corrected chi connectivity index (χ0v) is 13.4. The second-order valence-electron chi connectivity index (χ2n) is 6.11. The van der Waals surface area contributed by atoms with Crippen molar-refractivity contribution in [1.29, 1.82) is 0 Å². The van der Waals surface area contributed by atoms with E-state index in [2.05, 4.69) is 17.6 Å². The summed E-state index contributed by atoms with van der Waals surface area (Å²) in [6.45, 7) is 5.50. The minimum Gasteiger partial charge on any atom is -0.480 e. The predicted octanol–water partition coefficient (Wildman–Crippen LogP) is 0.791. The van der Waals surface area contributed by atoms with E-state index in [-0.39, 0.29) is 36.8 Å². The summed E-state index contributed by atoms with van der Waals surface area (Å²) in [4.78, 5) is 24.7. The number of carboxylic acids is 1. The lowest BCUT2D eigenvalue weighted by Gasteiger charge is -2.42. The average Bonchev–Trinajstić information content (AvgIpc) is 2.87. The van der Waals surface area contributed by atoms with Crippen LogP contribution in [0.3, 0.4) is 0 Å². The maximum atomic E-state index is 12.0. The molecule has 1 saturated carbocycles. The number of carbonyl (C=O) groups excluding carboxylic acids is 1. The van der Waals surface area contributed by atoms with Crippen LogP contribution in [0.2, 0.25) is 0 Å². The lowest BCUT2D eigenvalue weighted by molar-refractivity contribution is -0.139. The molecule has 0 aromatic carbocycles. The van der Waals surface area contributed by atoms with Crippen LogP contribution in [0.15, 0.2) is 0 Å². The molecule has 0 bridgehead atoms. The SMILES string of the molecule is CC[C@@H]1OCC[C@H]1NC(=O)NC1CC(N(CC)CC(=O)O)C1. The Morgan fingerprint density at radius 3 is 2.59 bits per heavy atom. The van der Waals surface area contributed by atoms with Gasteiger partial charge in [-0.3, -0.25) is 9.69 Å². The van der Waals surface area contributed by atoms with E-state index in [4.69, 9.17) is 9.84 Å². The molecule has 0 spiro atoms. The van der Waals surface area contributed by atoms with Gasteiger partial charge in [0.15, 0.2) is 0 Å². The van der Waals surface area contributed by atoms with Crippen molar-refractivity contribution >= 4 is 12.0 Å². The molecule has 0 aromatic heterocycles. The van der Waals surface area contributed by atoms with Gasteiger partial charge in [-0.15, -0.1) is 0 Å². The van der Waals surface area contributed by atoms with Crippen LogP contribution in [0.25, 0.3) is 0 Å². The van der Waals surface area contributed by atoms with Gasteiger partial charge in [0.05, 0.1) is 18.7 Å². The second kappa shape index (κ2) is 7.78. The number of rotatable bonds is 7. The van der Waals surface area contributed by atoms with Crippen LogP contribution < -0.4 is 10.6 Å². The molecule has 7 heteroatoms. The van der Waals surface area contributed by atoms with Gasteiger partial charge >= 0.3 is 12.0 Å². The molecule has 126 valence electrons. The molecule has 2 atom stereocenters. The number of hydrogen-bond donors (Lipinski definition) is 3. The van der Waals surface area contributed by atoms with Crippen molar-refractivity contribution in [2.45, 2.75) is 63.8 Å². The van der Waals surface area contributed by atoms with Gasteiger partial charge in [-0.2, -0.15) is 0 Å². The molecule has 0 radical (unpaired) electrons. The smallest absolute Gasteiger partial charge is 0.317 e. The molecule has 0 aromatic rings. The number of amides is 2. The third-order valence-electron chi connectivity index (χ3n) is 4.64. The van der Waals surface area contributed by atoms with E-state index in [1.54, 1.807) is 0 Å². The van der Waals surface area contributed by atoms with Gasteiger partial charge in [-0.25, -0.2) is 4.79 Å². The van der Waals surface area contributed by atoms with E-state index >= 15 is 0 Å². The van der Waals surface area contributed by atoms with Crippen molar-refractivity contribution in [3.05, 3.63) is 0 Å². The first kappa shape index (κ1) is 17.0. The van der Waals surface area contributed by atoms with Crippen LogP contribution in [-0.4, -0.2) is 65.9 Å². The number of carbonyl (C=O) groups is 2. The number of nitrogens with one attached hydrogen (secondary N) is 2. The summed E-state index contributed by atoms with van der Waals surface area (Å²) < 4.78 is 5.56. The first-order valence-electron chi connectivity index (χ1n) is 8.17. The summed E-state index contributed by atoms with van der Waals surface area (Å²) in [6.07, 6.45) is 3.50. The fraction of sp³-hybridized carbons (Fsp3) is 0.867. The van der Waals surface area contributed by atoms with Gasteiger partial charge in [0.1, 0.15) is 0 Å². The molecule has 1 saturated heterocycles. The van der Waals surface area contributed by atoms with Crippen LogP contribution >= 0.6 is 0 Å². The predicted molar refractivity (Wildman–Crippen MR) is 81.8 cm³/mol. The fourth-order valence-corrected chi connectivity index (χ4v) is 3.29. The highest BCUT2D eigenvalue weighted by molar-refractivity contribution is 5.74. The third kappa shape index (κ3) is 4.33. The van der Waals surface area contributed by atoms with Gasteiger partial charge in [0.25, 0.3) is 0 Å². The standard InChI is InChI=1S/C15H27N3O4/c1-3-13-12(5-6-22-13)17-15(21)16-10-7-11(8-10)18(4-2)9-14(19)20/h10-13H,3-9H2,1-2H3,(H,19,20)(H2,16,17,21)/t10?,11?,12-,13+/m1/s1. The van der Waals surface area contributed by atoms with E-state index < -0.39 is 5.97 Å². The van der Waals surface area contributed by atoms with Gasteiger partial charge in [0, 0.05) is 18.7 Å². The zero-order valence-electron chi connectivity index (χ0n) is 13.4. The summed E-state index contributed by atoms with van der Waals surface area (Å²) in [5, 5.41) is 14.8. The number of aliphatic carboxylic acids is 1. The molecule has 2 amide bonds. The highest BCUT2D eigenvalue weighted by atomic mass is 16.5. The highest BCUT2D eigenvalue weighted by Gasteiger charge is 2.35. The number of hydrogen-bond acceptors (Lipinski definition) is 4. The van der Waals surface area contributed by atoms with Crippen molar-refractivity contribution in [1.82, 2.24) is 15.5 Å². The lowest BCUT2D eigenvalue weighted by Crippen LogP contribution is -2.57. The summed E-state index contributed by atoms with van der Waals surface area (Å²) in [5.74, 6) is -0.803. The Morgan fingerprint density at radius 1 is 1.27 bits per heavy atom. The van der Waals surface area contributed by atoms with Crippen molar-refractivity contribution in [3.63, 3.8) is 0 Å². The Balaban J connectivity index is 1.68. The van der Waals surface area contributed by atoms with E-state index in [0.717, 1.165) is 25.7 Å². The Bertz CT molecular complexity index is 398. The van der Waals surface area contributed by atoms with Crippen LogP contribution in [0.5, 0.6) is 0 Å². The zero-order chi connectivity index (χ0) is 16.1. The van der Waals surface area contributed by atoms with E-state index in [0.29, 0.717) is 13.2 Å². The Morgan fingerprint density at radius 2 is 2.00 bits per heavy atom. The first-order valence-corrected chi connectivity index (χ1v) is 8.17. The summed E-state index contributed by atoms with van der Waals surface area (Å²) in [5.41, 5.74) is 0. The Hall–Kier alpha value is -1.34. The molecule has 2 rings (SSSR count). The van der Waals surface area contributed by atoms with Gasteiger partial charge < -0.3 is 20.5 Å². The fourth-order valence-electron chi connectivity index (χ4n) is 3.29. The minimum absolute atomic E-state index is 0.0671. The lowest BCUT2D eigenvalue weighted by atomic mass is 9.85. The Kier molecular flexibility index (Phi) is 6.02. The largest absolute Gasteiger partial charge is 0.480 e. The van der Waals surface area contributed by atoms with Gasteiger partial charge in [0.2, 0.25) is 0 Å². The van der Waals surface area contributed by atoms with Crippen LogP contribution in [-0.2, 0) is 9.53 Å². The van der Waals surface area contributed by atoms with Crippen LogP contribution in [0.1, 0.15) is 39.5 Å². The molecular formula is C15H27N3O4. The summed E-state index contributed by atoms with van der Waals surface area (Å²) in [7, 11) is 0. The average molecular weight is 313 g/mol. The van der Waals surface area contributed by atoms with Crippen molar-refractivity contribution in [2.75, 3.05) is 19.7 Å². The molecule has 1 aliphatic carbocycles. The van der Waals surface area contributed by atoms with Crippen molar-refractivity contribution in [2.24, 2.45) is 0 Å². The van der Waals surface area contributed by atoms with E-state index in [9.17, 15) is 9.59 Å². The number of carboxylic acid groups (broad SMARTS) is 1. The van der Waals surface area contributed by atoms with Gasteiger partial charge in [-0.1, -0.05) is 13.8 Å². The third-order valence-corrected chi connectivity index (χ3v) is 4.64. The monoisotopic (exact) mass is 313 g/mol. The maximum Gasteiger partial charge on any atom is 0.317 e. The van der Waals surface area contributed by atoms with Crippen LogP contribution in [0.4, 0.5) is 4.79 Å². The first-order chi connectivity index (χ1) is 10.5. The second-order valence-corrected chi connectivity index (χ2v) is 6.11. The molecule has 1 aliphatic heterocycles. The van der Waals surface area contributed by atoms with Crippen molar-refractivity contribution in [3.8, 4) is 0 Å². The topological polar surface area (TPSA) is 90.9 Å². The molecule has 7 nitrogen and oxygen atoms in total. The van der Waals surface area contributed by atoms with Gasteiger partial charge in [-0.05, 0) is 32.2 Å². The van der Waals surface area contributed by atoms with Crippen molar-refractivity contribution < 1.29 is 19.4 Å². The minimum atomic E-state index is -0.803. The number of ether oxygens (including phenoxy) is 1. The van der Waals surface area contributed by atoms with Crippen LogP contribution in [0, 0.1) is 0 Å². The van der Waals surface area contributed by atoms with E-state index in [1.807, 2.05) is 11.8 Å². The normalized spacial score (nSPS) is 30.9. The molecule has 22 heavy (non-hydrogen) atoms.